The fourth-order valence-corrected chi connectivity index (χ4v) is 6.88. The molecule has 3 aromatic rings. The van der Waals surface area contributed by atoms with Crippen LogP contribution in [0.15, 0.2) is 81.4 Å². The van der Waals surface area contributed by atoms with Crippen LogP contribution in [0, 0.1) is 0 Å². The molecule has 0 aliphatic carbocycles. The summed E-state index contributed by atoms with van der Waals surface area (Å²) in [6, 6.07) is 16.5. The molecule has 0 saturated carbocycles. The van der Waals surface area contributed by atoms with Crippen molar-refractivity contribution in [2.75, 3.05) is 36.1 Å². The van der Waals surface area contributed by atoms with Crippen molar-refractivity contribution in [3.05, 3.63) is 66.7 Å². The average molecular weight is 608 g/mol. The van der Waals surface area contributed by atoms with Gasteiger partial charge in [-0.05, 0) is 81.6 Å². The number of anilines is 2. The highest BCUT2D eigenvalue weighted by Gasteiger charge is 2.30. The van der Waals surface area contributed by atoms with Gasteiger partial charge in [0, 0.05) is 10.9 Å². The van der Waals surface area contributed by atoms with Gasteiger partial charge in [-0.3, -0.25) is 9.10 Å². The maximum atomic E-state index is 13.9. The SMILES string of the molecule is CCOc1ccccc1N(CC(=O)Nc1cc(S(=O)(=O)NC(C)C)ccc1OC)S(=O)(=O)c1ccc(SC)cc1. The van der Waals surface area contributed by atoms with Gasteiger partial charge in [-0.25, -0.2) is 21.6 Å². The highest BCUT2D eigenvalue weighted by atomic mass is 32.2. The third-order valence-corrected chi connectivity index (χ3v) is 9.69. The number of ether oxygens (including phenoxy) is 2. The summed E-state index contributed by atoms with van der Waals surface area (Å²) < 4.78 is 67.6. The molecule has 2 N–H and O–H groups in total. The molecule has 0 saturated heterocycles. The monoisotopic (exact) mass is 607 g/mol. The first kappa shape index (κ1) is 31.3. The number of hydrogen-bond donors (Lipinski definition) is 2. The van der Waals surface area contributed by atoms with Gasteiger partial charge in [0.25, 0.3) is 10.0 Å². The molecule has 3 rings (SSSR count). The summed E-state index contributed by atoms with van der Waals surface area (Å²) in [5, 5.41) is 2.61. The van der Waals surface area contributed by atoms with E-state index in [1.807, 2.05) is 6.26 Å². The summed E-state index contributed by atoms with van der Waals surface area (Å²) in [5.41, 5.74) is 0.247. The molecule has 0 aliphatic heterocycles. The van der Waals surface area contributed by atoms with Gasteiger partial charge in [0.1, 0.15) is 18.0 Å². The van der Waals surface area contributed by atoms with Gasteiger partial charge >= 0.3 is 0 Å². The summed E-state index contributed by atoms with van der Waals surface area (Å²) >= 11 is 1.47. The van der Waals surface area contributed by atoms with E-state index in [0.29, 0.717) is 0 Å². The molecule has 0 heterocycles. The highest BCUT2D eigenvalue weighted by molar-refractivity contribution is 7.98. The summed E-state index contributed by atoms with van der Waals surface area (Å²) in [6.07, 6.45) is 1.88. The van der Waals surface area contributed by atoms with Crippen molar-refractivity contribution in [3.8, 4) is 11.5 Å². The summed E-state index contributed by atoms with van der Waals surface area (Å²) in [7, 11) is -6.72. The largest absolute Gasteiger partial charge is 0.495 e. The molecule has 0 radical (unpaired) electrons. The van der Waals surface area contributed by atoms with Gasteiger partial charge in [-0.15, -0.1) is 11.8 Å². The molecule has 216 valence electrons. The first-order valence-corrected chi connectivity index (χ1v) is 16.5. The minimum absolute atomic E-state index is 0.00478. The number of sulfonamides is 2. The number of thioether (sulfide) groups is 1. The Morgan fingerprint density at radius 2 is 1.60 bits per heavy atom. The maximum Gasteiger partial charge on any atom is 0.264 e. The summed E-state index contributed by atoms with van der Waals surface area (Å²) in [4.78, 5) is 14.2. The van der Waals surface area contributed by atoms with Gasteiger partial charge in [0.15, 0.2) is 0 Å². The van der Waals surface area contributed by atoms with Crippen molar-refractivity contribution in [1.29, 1.82) is 0 Å². The van der Waals surface area contributed by atoms with Crippen LogP contribution >= 0.6 is 11.8 Å². The third kappa shape index (κ3) is 7.47. The Balaban J connectivity index is 2.03. The number of benzene rings is 3. The number of carbonyl (C=O) groups excluding carboxylic acids is 1. The van der Waals surface area contributed by atoms with Crippen LogP contribution in [-0.2, 0) is 24.8 Å². The fourth-order valence-electron chi connectivity index (χ4n) is 3.77. The quantitative estimate of drug-likeness (QED) is 0.275. The Kier molecular flexibility index (Phi) is 10.5. The number of amides is 1. The molecule has 0 spiro atoms. The van der Waals surface area contributed by atoms with Crippen LogP contribution in [0.4, 0.5) is 11.4 Å². The van der Waals surface area contributed by atoms with Crippen molar-refractivity contribution in [3.63, 3.8) is 0 Å². The average Bonchev–Trinajstić information content (AvgIpc) is 2.91. The number of para-hydroxylation sites is 2. The number of nitrogens with zero attached hydrogens (tertiary/aromatic N) is 1. The van der Waals surface area contributed by atoms with E-state index in [1.54, 1.807) is 57.2 Å². The highest BCUT2D eigenvalue weighted by Crippen LogP contribution is 2.34. The zero-order chi connectivity index (χ0) is 29.5. The van der Waals surface area contributed by atoms with E-state index < -0.39 is 32.5 Å². The third-order valence-electron chi connectivity index (χ3n) is 5.51. The number of rotatable bonds is 13. The van der Waals surface area contributed by atoms with Gasteiger partial charge in [0.2, 0.25) is 15.9 Å². The van der Waals surface area contributed by atoms with Gasteiger partial charge in [-0.1, -0.05) is 12.1 Å². The standard InChI is InChI=1S/C27H33N3O7S3/c1-6-37-26-10-8-7-9-24(26)30(40(34,35)21-13-11-20(38-5)12-14-21)18-27(31)28-23-17-22(15-16-25(23)36-4)39(32,33)29-19(2)3/h7-17,19,29H,6,18H2,1-5H3,(H,28,31). The molecule has 3 aromatic carbocycles. The smallest absolute Gasteiger partial charge is 0.264 e. The summed E-state index contributed by atoms with van der Waals surface area (Å²) in [6.45, 7) is 4.80. The molecule has 1 amide bonds. The Bertz CT molecular complexity index is 1540. The zero-order valence-electron chi connectivity index (χ0n) is 22.9. The molecule has 0 unspecified atom stereocenters. The van der Waals surface area contributed by atoms with Gasteiger partial charge in [0.05, 0.1) is 34.9 Å². The normalized spacial score (nSPS) is 11.8. The molecular formula is C27H33N3O7S3. The van der Waals surface area contributed by atoms with Crippen LogP contribution in [-0.4, -0.2) is 55.3 Å². The van der Waals surface area contributed by atoms with E-state index in [1.165, 1.54) is 49.2 Å². The van der Waals surface area contributed by atoms with E-state index in [2.05, 4.69) is 10.0 Å². The Morgan fingerprint density at radius 3 is 2.20 bits per heavy atom. The summed E-state index contributed by atoms with van der Waals surface area (Å²) in [5.74, 6) is -0.235. The molecule has 0 bridgehead atoms. The van der Waals surface area contributed by atoms with Crippen molar-refractivity contribution < 1.29 is 31.1 Å². The predicted molar refractivity (Wildman–Crippen MR) is 157 cm³/mol. The van der Waals surface area contributed by atoms with Crippen LogP contribution in [0.1, 0.15) is 20.8 Å². The lowest BCUT2D eigenvalue weighted by Gasteiger charge is -2.26. The van der Waals surface area contributed by atoms with Crippen molar-refractivity contribution in [1.82, 2.24) is 4.72 Å². The minimum Gasteiger partial charge on any atom is -0.495 e. The van der Waals surface area contributed by atoms with Crippen LogP contribution < -0.4 is 23.8 Å². The van der Waals surface area contributed by atoms with Crippen LogP contribution in [0.3, 0.4) is 0 Å². The molecular weight excluding hydrogens is 575 g/mol. The first-order chi connectivity index (χ1) is 18.9. The molecule has 0 atom stereocenters. The van der Waals surface area contributed by atoms with E-state index >= 15 is 0 Å². The van der Waals surface area contributed by atoms with E-state index in [9.17, 15) is 21.6 Å². The second-order valence-corrected chi connectivity index (χ2v) is 13.2. The van der Waals surface area contributed by atoms with Crippen molar-refractivity contribution in [2.24, 2.45) is 0 Å². The Morgan fingerprint density at radius 1 is 0.950 bits per heavy atom. The van der Waals surface area contributed by atoms with Gasteiger partial charge < -0.3 is 14.8 Å². The number of methoxy groups -OCH3 is 1. The van der Waals surface area contributed by atoms with Crippen molar-refractivity contribution in [2.45, 2.75) is 41.5 Å². The number of carbonyl (C=O) groups is 1. The lowest BCUT2D eigenvalue weighted by molar-refractivity contribution is -0.114. The van der Waals surface area contributed by atoms with Crippen molar-refractivity contribution >= 4 is 49.1 Å². The van der Waals surface area contributed by atoms with E-state index in [-0.39, 0.29) is 45.3 Å². The number of hydrogen-bond acceptors (Lipinski definition) is 8. The fraction of sp³-hybridized carbons (Fsp3) is 0.296. The van der Waals surface area contributed by atoms with Gasteiger partial charge in [-0.2, -0.15) is 0 Å². The van der Waals surface area contributed by atoms with E-state index in [4.69, 9.17) is 9.47 Å². The Labute approximate surface area is 240 Å². The molecule has 0 aliphatic rings. The maximum absolute atomic E-state index is 13.9. The minimum atomic E-state index is -4.22. The topological polar surface area (TPSA) is 131 Å². The van der Waals surface area contributed by atoms with E-state index in [0.717, 1.165) is 9.20 Å². The lowest BCUT2D eigenvalue weighted by atomic mass is 10.2. The second-order valence-electron chi connectivity index (χ2n) is 8.77. The molecule has 0 fully saturated rings. The van der Waals surface area contributed by atoms with Crippen LogP contribution in [0.25, 0.3) is 0 Å². The van der Waals surface area contributed by atoms with Crippen LogP contribution in [0.2, 0.25) is 0 Å². The molecule has 0 aromatic heterocycles. The Hall–Kier alpha value is -3.26. The predicted octanol–water partition coefficient (Wildman–Crippen LogP) is 4.34. The molecule has 10 nitrogen and oxygen atoms in total. The first-order valence-electron chi connectivity index (χ1n) is 12.3. The second kappa shape index (κ2) is 13.4. The lowest BCUT2D eigenvalue weighted by Crippen LogP contribution is -2.38. The zero-order valence-corrected chi connectivity index (χ0v) is 25.3. The number of nitrogens with one attached hydrogen (secondary N) is 2. The molecule has 13 heteroatoms. The molecule has 40 heavy (non-hydrogen) atoms. The van der Waals surface area contributed by atoms with Crippen LogP contribution in [0.5, 0.6) is 11.5 Å².